The quantitative estimate of drug-likeness (QED) is 0.736. The predicted molar refractivity (Wildman–Crippen MR) is 114 cm³/mol. The highest BCUT2D eigenvalue weighted by Gasteiger charge is 2.24. The van der Waals surface area contributed by atoms with Crippen LogP contribution in [0.2, 0.25) is 0 Å². The number of fused-ring (bicyclic) bond motifs is 1. The van der Waals surface area contributed by atoms with E-state index in [0.29, 0.717) is 49.9 Å². The van der Waals surface area contributed by atoms with Gasteiger partial charge in [0.05, 0.1) is 19.8 Å². The second kappa shape index (κ2) is 10.0. The van der Waals surface area contributed by atoms with Crippen LogP contribution < -0.4 is 14.8 Å². The highest BCUT2D eigenvalue weighted by molar-refractivity contribution is 5.95. The fraction of sp³-hybridized carbons (Fsp3) is 0.391. The second-order valence-corrected chi connectivity index (χ2v) is 6.83. The third kappa shape index (κ3) is 5.03. The maximum atomic E-state index is 13.0. The van der Waals surface area contributed by atoms with Crippen LogP contribution in [0.4, 0.5) is 10.5 Å². The first kappa shape index (κ1) is 21.5. The number of anilines is 1. The van der Waals surface area contributed by atoms with Gasteiger partial charge < -0.3 is 19.1 Å². The number of amides is 2. The van der Waals surface area contributed by atoms with Crippen LogP contribution in [0.3, 0.4) is 0 Å². The van der Waals surface area contributed by atoms with Crippen molar-refractivity contribution in [1.29, 1.82) is 0 Å². The minimum Gasteiger partial charge on any atom is -0.490 e. The highest BCUT2D eigenvalue weighted by atomic mass is 16.5. The molecule has 0 bridgehead atoms. The van der Waals surface area contributed by atoms with E-state index < -0.39 is 6.09 Å². The summed E-state index contributed by atoms with van der Waals surface area (Å²) in [6.45, 7) is 8.20. The number of hydrogen-bond acceptors (Lipinski definition) is 5. The van der Waals surface area contributed by atoms with Gasteiger partial charge in [-0.05, 0) is 74.7 Å². The van der Waals surface area contributed by atoms with Crippen LogP contribution in [0.5, 0.6) is 11.5 Å². The monoisotopic (exact) mass is 412 g/mol. The van der Waals surface area contributed by atoms with E-state index in [0.717, 1.165) is 17.7 Å². The van der Waals surface area contributed by atoms with Gasteiger partial charge in [-0.15, -0.1) is 0 Å². The van der Waals surface area contributed by atoms with Crippen LogP contribution in [-0.4, -0.2) is 43.3 Å². The first-order valence-corrected chi connectivity index (χ1v) is 10.3. The van der Waals surface area contributed by atoms with E-state index in [9.17, 15) is 9.59 Å². The molecule has 30 heavy (non-hydrogen) atoms. The molecule has 0 radical (unpaired) electrons. The fourth-order valence-electron chi connectivity index (χ4n) is 3.44. The molecular formula is C23H28N2O5. The Morgan fingerprint density at radius 2 is 1.57 bits per heavy atom. The van der Waals surface area contributed by atoms with E-state index in [1.807, 2.05) is 30.9 Å². The fourth-order valence-corrected chi connectivity index (χ4v) is 3.44. The number of nitrogens with zero attached hydrogens (tertiary/aromatic N) is 1. The SMILES string of the molecule is CCOC(=O)Nc1ccc(C(=O)N2CCc3cc(OCC)c(OCC)cc3C2)cc1. The zero-order valence-electron chi connectivity index (χ0n) is 17.7. The summed E-state index contributed by atoms with van der Waals surface area (Å²) in [7, 11) is 0. The molecule has 1 aliphatic rings. The number of hydrogen-bond donors (Lipinski definition) is 1. The van der Waals surface area contributed by atoms with E-state index in [1.54, 1.807) is 31.2 Å². The number of nitrogens with one attached hydrogen (secondary N) is 1. The van der Waals surface area contributed by atoms with Gasteiger partial charge in [0.25, 0.3) is 5.91 Å². The third-order valence-electron chi connectivity index (χ3n) is 4.82. The molecular weight excluding hydrogens is 384 g/mol. The Balaban J connectivity index is 1.72. The van der Waals surface area contributed by atoms with Crippen LogP contribution in [0.25, 0.3) is 0 Å². The number of benzene rings is 2. The van der Waals surface area contributed by atoms with Gasteiger partial charge in [-0.2, -0.15) is 0 Å². The zero-order valence-corrected chi connectivity index (χ0v) is 17.7. The molecule has 0 saturated heterocycles. The molecule has 2 aromatic carbocycles. The van der Waals surface area contributed by atoms with E-state index in [2.05, 4.69) is 5.32 Å². The van der Waals surface area contributed by atoms with Crippen molar-refractivity contribution in [2.75, 3.05) is 31.7 Å². The summed E-state index contributed by atoms with van der Waals surface area (Å²) < 4.78 is 16.3. The molecule has 7 nitrogen and oxygen atoms in total. The van der Waals surface area contributed by atoms with Gasteiger partial charge in [0.1, 0.15) is 0 Å². The van der Waals surface area contributed by atoms with Crippen molar-refractivity contribution in [1.82, 2.24) is 4.90 Å². The average Bonchev–Trinajstić information content (AvgIpc) is 2.74. The van der Waals surface area contributed by atoms with Gasteiger partial charge in [0.2, 0.25) is 0 Å². The van der Waals surface area contributed by atoms with Gasteiger partial charge in [0.15, 0.2) is 11.5 Å². The number of carbonyl (C=O) groups excluding carboxylic acids is 2. The lowest BCUT2D eigenvalue weighted by Crippen LogP contribution is -2.36. The van der Waals surface area contributed by atoms with Crippen molar-refractivity contribution in [2.24, 2.45) is 0 Å². The summed E-state index contributed by atoms with van der Waals surface area (Å²) in [5.74, 6) is 1.42. The molecule has 160 valence electrons. The maximum absolute atomic E-state index is 13.0. The van der Waals surface area contributed by atoms with Gasteiger partial charge in [-0.3, -0.25) is 10.1 Å². The summed E-state index contributed by atoms with van der Waals surface area (Å²) >= 11 is 0. The molecule has 1 N–H and O–H groups in total. The minimum absolute atomic E-state index is 0.0461. The Kier molecular flexibility index (Phi) is 7.17. The molecule has 1 aliphatic heterocycles. The van der Waals surface area contributed by atoms with Crippen molar-refractivity contribution in [3.8, 4) is 11.5 Å². The topological polar surface area (TPSA) is 77.1 Å². The number of carbonyl (C=O) groups is 2. The molecule has 0 spiro atoms. The standard InChI is InChI=1S/C23H28N2O5/c1-4-28-20-13-17-11-12-25(15-18(17)14-21(20)29-5-2)22(26)16-7-9-19(10-8-16)24-23(27)30-6-3/h7-10,13-14H,4-6,11-12,15H2,1-3H3,(H,24,27). The molecule has 0 aliphatic carbocycles. The molecule has 7 heteroatoms. The van der Waals surface area contributed by atoms with Gasteiger partial charge in [0, 0.05) is 24.3 Å². The lowest BCUT2D eigenvalue weighted by molar-refractivity contribution is 0.0734. The summed E-state index contributed by atoms with van der Waals surface area (Å²) in [4.78, 5) is 26.3. The van der Waals surface area contributed by atoms with Crippen molar-refractivity contribution < 1.29 is 23.8 Å². The van der Waals surface area contributed by atoms with Crippen LogP contribution >= 0.6 is 0 Å². The number of ether oxygens (including phenoxy) is 3. The first-order chi connectivity index (χ1) is 14.5. The zero-order chi connectivity index (χ0) is 21.5. The summed E-state index contributed by atoms with van der Waals surface area (Å²) in [5.41, 5.74) is 3.41. The smallest absolute Gasteiger partial charge is 0.411 e. The van der Waals surface area contributed by atoms with Gasteiger partial charge >= 0.3 is 6.09 Å². The van der Waals surface area contributed by atoms with Crippen LogP contribution in [0, 0.1) is 0 Å². The Morgan fingerprint density at radius 3 is 2.17 bits per heavy atom. The maximum Gasteiger partial charge on any atom is 0.411 e. The van der Waals surface area contributed by atoms with Gasteiger partial charge in [-0.25, -0.2) is 4.79 Å². The second-order valence-electron chi connectivity index (χ2n) is 6.83. The number of rotatable bonds is 7. The molecule has 3 rings (SSSR count). The normalized spacial score (nSPS) is 12.7. The molecule has 0 atom stereocenters. The molecule has 0 aromatic heterocycles. The Labute approximate surface area is 176 Å². The lowest BCUT2D eigenvalue weighted by atomic mass is 9.98. The van der Waals surface area contributed by atoms with Crippen LogP contribution in [0.15, 0.2) is 36.4 Å². The molecule has 0 unspecified atom stereocenters. The van der Waals surface area contributed by atoms with Crippen molar-refractivity contribution in [3.05, 3.63) is 53.1 Å². The largest absolute Gasteiger partial charge is 0.490 e. The van der Waals surface area contributed by atoms with E-state index in [-0.39, 0.29) is 5.91 Å². The average molecular weight is 412 g/mol. The van der Waals surface area contributed by atoms with E-state index in [4.69, 9.17) is 14.2 Å². The van der Waals surface area contributed by atoms with E-state index >= 15 is 0 Å². The minimum atomic E-state index is -0.513. The van der Waals surface area contributed by atoms with E-state index in [1.165, 1.54) is 5.56 Å². The van der Waals surface area contributed by atoms with Crippen molar-refractivity contribution in [2.45, 2.75) is 33.7 Å². The first-order valence-electron chi connectivity index (χ1n) is 10.3. The third-order valence-corrected chi connectivity index (χ3v) is 4.82. The Hall–Kier alpha value is -3.22. The summed E-state index contributed by atoms with van der Waals surface area (Å²) in [6.07, 6.45) is 0.247. The summed E-state index contributed by atoms with van der Waals surface area (Å²) in [6, 6.07) is 10.8. The Bertz CT molecular complexity index is 895. The molecule has 1 heterocycles. The van der Waals surface area contributed by atoms with Crippen molar-refractivity contribution >= 4 is 17.7 Å². The Morgan fingerprint density at radius 1 is 0.933 bits per heavy atom. The summed E-state index contributed by atoms with van der Waals surface area (Å²) in [5, 5.41) is 2.62. The lowest BCUT2D eigenvalue weighted by Gasteiger charge is -2.30. The van der Waals surface area contributed by atoms with Crippen LogP contribution in [-0.2, 0) is 17.7 Å². The van der Waals surface area contributed by atoms with Gasteiger partial charge in [-0.1, -0.05) is 0 Å². The molecule has 0 fully saturated rings. The van der Waals surface area contributed by atoms with Crippen molar-refractivity contribution in [3.63, 3.8) is 0 Å². The van der Waals surface area contributed by atoms with Crippen LogP contribution in [0.1, 0.15) is 42.3 Å². The molecule has 2 amide bonds. The molecule has 0 saturated carbocycles. The predicted octanol–water partition coefficient (Wildman–Crippen LogP) is 4.25. The highest BCUT2D eigenvalue weighted by Crippen LogP contribution is 2.34. The molecule has 2 aromatic rings.